The molecule has 0 atom stereocenters. The van der Waals surface area contributed by atoms with Gasteiger partial charge >= 0.3 is 0 Å². The maximum Gasteiger partial charge on any atom is 0.140 e. The lowest BCUT2D eigenvalue weighted by atomic mass is 9.70. The molecule has 0 saturated carbocycles. The van der Waals surface area contributed by atoms with Crippen LogP contribution in [0.25, 0.3) is 78.1 Å². The Kier molecular flexibility index (Phi) is 5.56. The molecule has 0 fully saturated rings. The number of fused-ring (bicyclic) bond motifs is 14. The first-order valence-electron chi connectivity index (χ1n) is 16.9. The number of pyridine rings is 3. The van der Waals surface area contributed by atoms with Crippen molar-refractivity contribution in [1.29, 1.82) is 0 Å². The number of nitrogens with zero attached hydrogens (tertiary/aromatic N) is 3. The summed E-state index contributed by atoms with van der Waals surface area (Å²) >= 11 is 0. The zero-order valence-electron chi connectivity index (χ0n) is 26.8. The SMILES string of the molecule is c1ccc(-c2cc(-c3ccc4oc5c6c(ccc5c4c3)-c3ccccc3C63c4ccccc4-c4ccccc43)cc(-c3ccccn3)n2)nc1. The lowest BCUT2D eigenvalue weighted by Crippen LogP contribution is -2.26. The predicted molar refractivity (Wildman–Crippen MR) is 200 cm³/mol. The van der Waals surface area contributed by atoms with Gasteiger partial charge in [-0.05, 0) is 105 Å². The maximum atomic E-state index is 6.99. The first-order chi connectivity index (χ1) is 24.8. The fraction of sp³-hybridized carbons (Fsp3) is 0.0217. The summed E-state index contributed by atoms with van der Waals surface area (Å²) in [6, 6.07) is 53.8. The average molecular weight is 638 g/mol. The van der Waals surface area contributed by atoms with Gasteiger partial charge < -0.3 is 4.42 Å². The van der Waals surface area contributed by atoms with Crippen LogP contribution in [-0.2, 0) is 5.41 Å². The third-order valence-corrected chi connectivity index (χ3v) is 10.6. The second-order valence-corrected chi connectivity index (χ2v) is 13.1. The second kappa shape index (κ2) is 10.2. The molecule has 232 valence electrons. The van der Waals surface area contributed by atoms with Crippen molar-refractivity contribution in [2.45, 2.75) is 5.41 Å². The van der Waals surface area contributed by atoms with Crippen LogP contribution in [0.1, 0.15) is 22.3 Å². The monoisotopic (exact) mass is 637 g/mol. The molecule has 4 heterocycles. The van der Waals surface area contributed by atoms with E-state index in [0.29, 0.717) is 0 Å². The van der Waals surface area contributed by atoms with Gasteiger partial charge in [-0.3, -0.25) is 9.97 Å². The predicted octanol–water partition coefficient (Wildman–Crippen LogP) is 11.1. The molecular formula is C46H27N3O. The molecule has 11 rings (SSSR count). The molecule has 0 saturated heterocycles. The van der Waals surface area contributed by atoms with Crippen molar-refractivity contribution in [3.05, 3.63) is 186 Å². The highest BCUT2D eigenvalue weighted by Gasteiger charge is 2.53. The quantitative estimate of drug-likeness (QED) is 0.193. The van der Waals surface area contributed by atoms with Gasteiger partial charge in [-0.1, -0.05) is 97.1 Å². The van der Waals surface area contributed by atoms with Crippen LogP contribution < -0.4 is 0 Å². The standard InChI is InChI=1S/C46H27N3O/c1-4-14-36-30(11-1)31-12-2-5-15-37(31)46(36)38-16-6-3-13-32(38)33-20-21-34-35-25-28(19-22-43(35)50-45(34)44(33)46)29-26-41(39-17-7-9-23-47-39)49-42(27-29)40-18-8-10-24-48-40/h1-27H. The molecule has 1 spiro atoms. The van der Waals surface area contributed by atoms with E-state index in [0.717, 1.165) is 55.8 Å². The lowest BCUT2D eigenvalue weighted by Gasteiger charge is -2.30. The van der Waals surface area contributed by atoms with Crippen molar-refractivity contribution in [2.24, 2.45) is 0 Å². The third kappa shape index (κ3) is 3.62. The van der Waals surface area contributed by atoms with E-state index in [4.69, 9.17) is 9.40 Å². The first-order valence-corrected chi connectivity index (χ1v) is 16.9. The van der Waals surface area contributed by atoms with Gasteiger partial charge in [0, 0.05) is 28.7 Å². The van der Waals surface area contributed by atoms with Crippen LogP contribution in [-0.4, -0.2) is 15.0 Å². The van der Waals surface area contributed by atoms with E-state index < -0.39 is 5.41 Å². The van der Waals surface area contributed by atoms with Gasteiger partial charge in [0.15, 0.2) is 0 Å². The highest BCUT2D eigenvalue weighted by Crippen LogP contribution is 2.64. The number of benzene rings is 5. The third-order valence-electron chi connectivity index (χ3n) is 10.6. The molecule has 0 amide bonds. The minimum Gasteiger partial charge on any atom is -0.456 e. The van der Waals surface area contributed by atoms with Crippen molar-refractivity contribution >= 4 is 21.9 Å². The molecule has 4 heteroatoms. The summed E-state index contributed by atoms with van der Waals surface area (Å²) in [7, 11) is 0. The summed E-state index contributed by atoms with van der Waals surface area (Å²) in [5, 5.41) is 2.19. The van der Waals surface area contributed by atoms with Crippen LogP contribution in [0.2, 0.25) is 0 Å². The summed E-state index contributed by atoms with van der Waals surface area (Å²) in [4.78, 5) is 14.2. The Hall–Kier alpha value is -6.65. The van der Waals surface area contributed by atoms with Gasteiger partial charge in [-0.15, -0.1) is 0 Å². The molecule has 0 N–H and O–H groups in total. The molecule has 5 aromatic carbocycles. The molecule has 0 radical (unpaired) electrons. The Labute approximate surface area is 288 Å². The fourth-order valence-corrected chi connectivity index (χ4v) is 8.58. The molecule has 9 aromatic rings. The van der Waals surface area contributed by atoms with E-state index in [1.807, 2.05) is 36.4 Å². The van der Waals surface area contributed by atoms with Crippen molar-refractivity contribution in [3.8, 4) is 56.2 Å². The average Bonchev–Trinajstić information content (AvgIpc) is 3.82. The molecule has 2 aliphatic carbocycles. The fourth-order valence-electron chi connectivity index (χ4n) is 8.58. The highest BCUT2D eigenvalue weighted by molar-refractivity contribution is 6.12. The minimum absolute atomic E-state index is 0.477. The van der Waals surface area contributed by atoms with Crippen LogP contribution >= 0.6 is 0 Å². The number of hydrogen-bond acceptors (Lipinski definition) is 4. The van der Waals surface area contributed by atoms with Crippen LogP contribution in [0.15, 0.2) is 168 Å². The van der Waals surface area contributed by atoms with Gasteiger partial charge in [0.2, 0.25) is 0 Å². The van der Waals surface area contributed by atoms with Gasteiger partial charge in [-0.2, -0.15) is 0 Å². The Morgan fingerprint density at radius 2 is 0.980 bits per heavy atom. The largest absolute Gasteiger partial charge is 0.456 e. The summed E-state index contributed by atoms with van der Waals surface area (Å²) < 4.78 is 6.99. The van der Waals surface area contributed by atoms with Gasteiger partial charge in [-0.25, -0.2) is 4.98 Å². The molecular weight excluding hydrogens is 611 g/mol. The minimum atomic E-state index is -0.477. The summed E-state index contributed by atoms with van der Waals surface area (Å²) in [5.74, 6) is 0. The zero-order chi connectivity index (χ0) is 32.8. The number of aromatic nitrogens is 3. The van der Waals surface area contributed by atoms with E-state index in [1.165, 1.54) is 44.5 Å². The summed E-state index contributed by atoms with van der Waals surface area (Å²) in [6.07, 6.45) is 3.61. The molecule has 0 bridgehead atoms. The van der Waals surface area contributed by atoms with Gasteiger partial charge in [0.25, 0.3) is 0 Å². The van der Waals surface area contributed by atoms with Crippen molar-refractivity contribution in [2.75, 3.05) is 0 Å². The molecule has 0 unspecified atom stereocenters. The number of hydrogen-bond donors (Lipinski definition) is 0. The van der Waals surface area contributed by atoms with E-state index in [1.54, 1.807) is 12.4 Å². The lowest BCUT2D eigenvalue weighted by molar-refractivity contribution is 0.652. The van der Waals surface area contributed by atoms with E-state index in [2.05, 4.69) is 125 Å². The number of furan rings is 1. The molecule has 4 aromatic heterocycles. The number of rotatable bonds is 3. The molecule has 2 aliphatic rings. The topological polar surface area (TPSA) is 51.8 Å². The smallest absolute Gasteiger partial charge is 0.140 e. The Balaban J connectivity index is 1.17. The maximum absolute atomic E-state index is 6.99. The Morgan fingerprint density at radius 3 is 1.56 bits per heavy atom. The molecule has 4 nitrogen and oxygen atoms in total. The summed E-state index contributed by atoms with van der Waals surface area (Å²) in [5.41, 5.74) is 16.9. The van der Waals surface area contributed by atoms with E-state index in [9.17, 15) is 0 Å². The first kappa shape index (κ1) is 27.3. The zero-order valence-corrected chi connectivity index (χ0v) is 26.8. The van der Waals surface area contributed by atoms with Crippen LogP contribution in [0, 0.1) is 0 Å². The van der Waals surface area contributed by atoms with Crippen molar-refractivity contribution < 1.29 is 4.42 Å². The van der Waals surface area contributed by atoms with Gasteiger partial charge in [0.05, 0.1) is 28.2 Å². The molecule has 0 aliphatic heterocycles. The van der Waals surface area contributed by atoms with Crippen molar-refractivity contribution in [3.63, 3.8) is 0 Å². The van der Waals surface area contributed by atoms with E-state index in [-0.39, 0.29) is 0 Å². The summed E-state index contributed by atoms with van der Waals surface area (Å²) in [6.45, 7) is 0. The van der Waals surface area contributed by atoms with Crippen LogP contribution in [0.4, 0.5) is 0 Å². The van der Waals surface area contributed by atoms with Crippen molar-refractivity contribution in [1.82, 2.24) is 15.0 Å². The Bertz CT molecular complexity index is 2700. The Morgan fingerprint density at radius 1 is 0.420 bits per heavy atom. The normalized spacial score (nSPS) is 13.4. The van der Waals surface area contributed by atoms with Crippen LogP contribution in [0.3, 0.4) is 0 Å². The molecule has 50 heavy (non-hydrogen) atoms. The van der Waals surface area contributed by atoms with Crippen LogP contribution in [0.5, 0.6) is 0 Å². The highest BCUT2D eigenvalue weighted by atomic mass is 16.3. The van der Waals surface area contributed by atoms with Gasteiger partial charge in [0.1, 0.15) is 11.2 Å². The van der Waals surface area contributed by atoms with E-state index >= 15 is 0 Å². The second-order valence-electron chi connectivity index (χ2n) is 13.1.